The molecule has 0 radical (unpaired) electrons. The number of aromatic nitrogens is 1. The molecule has 2 atom stereocenters. The van der Waals surface area contributed by atoms with E-state index < -0.39 is 12.1 Å². The van der Waals surface area contributed by atoms with Gasteiger partial charge in [-0.2, -0.15) is 8.78 Å². The number of halogens is 2. The number of nitrogens with one attached hydrogen (secondary N) is 1. The number of carbonyl (C=O) groups excluding carboxylic acids is 1. The molecular formula is C24H30F2N6O3. The number of nitrogens with two attached hydrogens (primary N) is 2. The summed E-state index contributed by atoms with van der Waals surface area (Å²) in [6, 6.07) is 6.01. The largest absolute Gasteiger partial charge is 0.457 e. The summed E-state index contributed by atoms with van der Waals surface area (Å²) in [5.74, 6) is -0.293. The van der Waals surface area contributed by atoms with Crippen molar-refractivity contribution in [1.82, 2.24) is 14.8 Å². The molecule has 188 valence electrons. The number of ether oxygens (including phenoxy) is 1. The predicted molar refractivity (Wildman–Crippen MR) is 130 cm³/mol. The molecule has 0 unspecified atom stereocenters. The SMILES string of the molecule is Cc1c([C@H](C)N[C@@H](N)CN(C)CC(C=Nc2ccn(C(F)F)c(=O)c2)=CN)ccc2c1COC2=O. The Morgan fingerprint density at radius 1 is 1.34 bits per heavy atom. The van der Waals surface area contributed by atoms with Crippen LogP contribution in [0.1, 0.15) is 46.6 Å². The zero-order valence-electron chi connectivity index (χ0n) is 19.9. The van der Waals surface area contributed by atoms with Crippen molar-refractivity contribution in [1.29, 1.82) is 0 Å². The Bertz CT molecular complexity index is 1190. The Hall–Kier alpha value is -3.41. The van der Waals surface area contributed by atoms with Gasteiger partial charge >= 0.3 is 12.5 Å². The lowest BCUT2D eigenvalue weighted by Gasteiger charge is -2.26. The first-order valence-electron chi connectivity index (χ1n) is 11.1. The summed E-state index contributed by atoms with van der Waals surface area (Å²) in [7, 11) is 1.87. The number of carbonyl (C=O) groups is 1. The highest BCUT2D eigenvalue weighted by Crippen LogP contribution is 2.29. The number of esters is 1. The normalized spacial score (nSPS) is 15.7. The molecule has 0 saturated carbocycles. The van der Waals surface area contributed by atoms with Gasteiger partial charge in [0, 0.05) is 43.2 Å². The van der Waals surface area contributed by atoms with E-state index in [9.17, 15) is 18.4 Å². The number of hydrogen-bond acceptors (Lipinski definition) is 8. The maximum atomic E-state index is 12.7. The Morgan fingerprint density at radius 2 is 2.09 bits per heavy atom. The van der Waals surface area contributed by atoms with Gasteiger partial charge in [-0.25, -0.2) is 4.79 Å². The number of benzene rings is 1. The second-order valence-corrected chi connectivity index (χ2v) is 8.48. The molecule has 0 aliphatic carbocycles. The molecule has 0 fully saturated rings. The van der Waals surface area contributed by atoms with E-state index in [2.05, 4.69) is 10.3 Å². The number of alkyl halides is 2. The van der Waals surface area contributed by atoms with E-state index in [0.29, 0.717) is 28.8 Å². The van der Waals surface area contributed by atoms with Crippen LogP contribution in [-0.4, -0.2) is 48.0 Å². The third-order valence-corrected chi connectivity index (χ3v) is 5.83. The van der Waals surface area contributed by atoms with Gasteiger partial charge < -0.3 is 16.2 Å². The van der Waals surface area contributed by atoms with E-state index >= 15 is 0 Å². The maximum absolute atomic E-state index is 12.7. The number of pyridine rings is 1. The molecule has 1 aromatic heterocycles. The van der Waals surface area contributed by atoms with Crippen molar-refractivity contribution in [2.45, 2.75) is 39.2 Å². The first-order valence-corrected chi connectivity index (χ1v) is 11.1. The van der Waals surface area contributed by atoms with Crippen LogP contribution in [-0.2, 0) is 11.3 Å². The summed E-state index contributed by atoms with van der Waals surface area (Å²) in [6.07, 6.45) is 3.51. The quantitative estimate of drug-likeness (QED) is 0.266. The van der Waals surface area contributed by atoms with Crippen LogP contribution >= 0.6 is 0 Å². The van der Waals surface area contributed by atoms with Crippen LogP contribution in [0, 0.1) is 6.92 Å². The zero-order chi connectivity index (χ0) is 25.7. The highest BCUT2D eigenvalue weighted by atomic mass is 19.3. The Balaban J connectivity index is 1.56. The lowest BCUT2D eigenvalue weighted by Crippen LogP contribution is -2.47. The van der Waals surface area contributed by atoms with Crippen molar-refractivity contribution in [3.05, 3.63) is 74.8 Å². The number of fused-ring (bicyclic) bond motifs is 1. The minimum absolute atomic E-state index is 0.0548. The smallest absolute Gasteiger partial charge is 0.338 e. The first-order chi connectivity index (χ1) is 16.6. The van der Waals surface area contributed by atoms with Crippen LogP contribution in [0.15, 0.2) is 52.0 Å². The topological polar surface area (TPSA) is 128 Å². The predicted octanol–water partition coefficient (Wildman–Crippen LogP) is 2.33. The van der Waals surface area contributed by atoms with Gasteiger partial charge in [0.15, 0.2) is 0 Å². The number of likely N-dealkylation sites (N-methyl/N-ethyl adjacent to an activating group) is 1. The third-order valence-electron chi connectivity index (χ3n) is 5.83. The zero-order valence-corrected chi connectivity index (χ0v) is 19.9. The molecule has 1 aliphatic heterocycles. The Morgan fingerprint density at radius 3 is 2.74 bits per heavy atom. The second-order valence-electron chi connectivity index (χ2n) is 8.48. The van der Waals surface area contributed by atoms with Crippen LogP contribution in [0.25, 0.3) is 0 Å². The minimum atomic E-state index is -2.90. The summed E-state index contributed by atoms with van der Waals surface area (Å²) < 4.78 is 30.8. The molecule has 9 nitrogen and oxygen atoms in total. The lowest BCUT2D eigenvalue weighted by molar-refractivity contribution is 0.0534. The third kappa shape index (κ3) is 6.38. The van der Waals surface area contributed by atoms with Crippen molar-refractivity contribution in [2.24, 2.45) is 16.5 Å². The van der Waals surface area contributed by atoms with E-state index in [1.165, 1.54) is 18.5 Å². The highest BCUT2D eigenvalue weighted by Gasteiger charge is 2.25. The molecule has 35 heavy (non-hydrogen) atoms. The summed E-state index contributed by atoms with van der Waals surface area (Å²) in [6.45, 7) is 2.28. The average molecular weight is 489 g/mol. The Kier molecular flexibility index (Phi) is 8.49. The van der Waals surface area contributed by atoms with Crippen LogP contribution in [0.3, 0.4) is 0 Å². The molecule has 3 rings (SSSR count). The van der Waals surface area contributed by atoms with Crippen molar-refractivity contribution in [2.75, 3.05) is 20.1 Å². The minimum Gasteiger partial charge on any atom is -0.457 e. The van der Waals surface area contributed by atoms with Gasteiger partial charge in [-0.3, -0.25) is 24.6 Å². The molecule has 1 aliphatic rings. The molecule has 2 heterocycles. The molecule has 0 spiro atoms. The first kappa shape index (κ1) is 26.2. The molecular weight excluding hydrogens is 458 g/mol. The van der Waals surface area contributed by atoms with E-state index in [1.807, 2.05) is 31.9 Å². The van der Waals surface area contributed by atoms with Crippen LogP contribution in [0.5, 0.6) is 0 Å². The van der Waals surface area contributed by atoms with Gasteiger partial charge in [-0.1, -0.05) is 6.07 Å². The number of hydrogen-bond donors (Lipinski definition) is 3. The lowest BCUT2D eigenvalue weighted by atomic mass is 9.94. The molecule has 1 aromatic carbocycles. The van der Waals surface area contributed by atoms with Crippen LogP contribution in [0.4, 0.5) is 14.5 Å². The molecule has 5 N–H and O–H groups in total. The standard InChI is InChI=1S/C24H30F2N6O3/c1-14-18(4-5-19-20(14)13-35-23(19)34)15(2)30-21(28)12-31(3)11-16(9-27)10-29-17-6-7-32(24(25)26)22(33)8-17/h4-10,15,21,24,30H,11-13,27-28H2,1-3H3/t15-,21+/m0/s1. The summed E-state index contributed by atoms with van der Waals surface area (Å²) in [5.41, 5.74) is 15.7. The Labute approximate surface area is 202 Å². The van der Waals surface area contributed by atoms with Gasteiger partial charge in [-0.05, 0) is 55.9 Å². The summed E-state index contributed by atoms with van der Waals surface area (Å²) in [5, 5.41) is 3.37. The van der Waals surface area contributed by atoms with E-state index in [0.717, 1.165) is 29.0 Å². The van der Waals surface area contributed by atoms with Gasteiger partial charge in [0.25, 0.3) is 5.56 Å². The van der Waals surface area contributed by atoms with Gasteiger partial charge in [-0.15, -0.1) is 0 Å². The average Bonchev–Trinajstić information content (AvgIpc) is 3.17. The van der Waals surface area contributed by atoms with E-state index in [4.69, 9.17) is 16.2 Å². The molecule has 0 amide bonds. The number of rotatable bonds is 10. The van der Waals surface area contributed by atoms with Crippen molar-refractivity contribution >= 4 is 17.9 Å². The second kappa shape index (κ2) is 11.3. The number of aliphatic imine (C=N–C) groups is 1. The summed E-state index contributed by atoms with van der Waals surface area (Å²) >= 11 is 0. The van der Waals surface area contributed by atoms with Gasteiger partial charge in [0.05, 0.1) is 17.4 Å². The highest BCUT2D eigenvalue weighted by molar-refractivity contribution is 5.94. The van der Waals surface area contributed by atoms with Crippen molar-refractivity contribution in [3.8, 4) is 0 Å². The van der Waals surface area contributed by atoms with Crippen molar-refractivity contribution < 1.29 is 18.3 Å². The molecule has 0 bridgehead atoms. The molecule has 0 saturated heterocycles. The fourth-order valence-corrected chi connectivity index (χ4v) is 4.03. The van der Waals surface area contributed by atoms with Gasteiger partial charge in [0.2, 0.25) is 0 Å². The van der Waals surface area contributed by atoms with E-state index in [-0.39, 0.29) is 30.5 Å². The fraction of sp³-hybridized carbons (Fsp3) is 0.375. The van der Waals surface area contributed by atoms with Gasteiger partial charge in [0.1, 0.15) is 6.61 Å². The van der Waals surface area contributed by atoms with Crippen LogP contribution in [0.2, 0.25) is 0 Å². The number of cyclic esters (lactones) is 1. The maximum Gasteiger partial charge on any atom is 0.338 e. The number of nitrogens with zero attached hydrogens (tertiary/aromatic N) is 3. The van der Waals surface area contributed by atoms with Crippen LogP contribution < -0.4 is 22.3 Å². The summed E-state index contributed by atoms with van der Waals surface area (Å²) in [4.78, 5) is 29.6. The van der Waals surface area contributed by atoms with E-state index in [1.54, 1.807) is 6.07 Å². The fourth-order valence-electron chi connectivity index (χ4n) is 4.03. The monoisotopic (exact) mass is 488 g/mol. The molecule has 2 aromatic rings. The van der Waals surface area contributed by atoms with Crippen molar-refractivity contribution in [3.63, 3.8) is 0 Å². The molecule has 11 heteroatoms.